The number of amides is 3. The number of anilines is 1. The van der Waals surface area contributed by atoms with Gasteiger partial charge in [-0.15, -0.1) is 0 Å². The average Bonchev–Trinajstić information content (AvgIpc) is 2.87. The third-order valence-electron chi connectivity index (χ3n) is 4.29. The van der Waals surface area contributed by atoms with Crippen molar-refractivity contribution >= 4 is 29.1 Å². The molecule has 0 radical (unpaired) electrons. The molecule has 3 amide bonds. The minimum Gasteiger partial charge on any atom is -0.308 e. The number of imide groups is 1. The standard InChI is InChI=1S/C19H17N3O5/c1-12(2)21(13-7-4-3-5-8-13)16(23)11-20-18(24)14-9-6-10-15(22(26)27)17(14)19(20)25/h3-10,12H,11H2,1-2H3. The first-order valence-corrected chi connectivity index (χ1v) is 8.33. The molecule has 1 aliphatic rings. The Morgan fingerprint density at radius 2 is 1.74 bits per heavy atom. The number of nitro benzene ring substituents is 1. The van der Waals surface area contributed by atoms with Gasteiger partial charge in [-0.1, -0.05) is 24.3 Å². The second-order valence-corrected chi connectivity index (χ2v) is 6.35. The normalized spacial score (nSPS) is 13.1. The number of para-hydroxylation sites is 1. The summed E-state index contributed by atoms with van der Waals surface area (Å²) in [6.07, 6.45) is 0. The van der Waals surface area contributed by atoms with Crippen molar-refractivity contribution in [3.63, 3.8) is 0 Å². The van der Waals surface area contributed by atoms with E-state index in [2.05, 4.69) is 0 Å². The molecule has 1 heterocycles. The van der Waals surface area contributed by atoms with Crippen LogP contribution in [0.5, 0.6) is 0 Å². The van der Waals surface area contributed by atoms with Gasteiger partial charge in [-0.2, -0.15) is 0 Å². The van der Waals surface area contributed by atoms with E-state index in [1.807, 2.05) is 19.9 Å². The third kappa shape index (κ3) is 3.17. The van der Waals surface area contributed by atoms with Crippen LogP contribution in [0.2, 0.25) is 0 Å². The first-order valence-electron chi connectivity index (χ1n) is 8.33. The summed E-state index contributed by atoms with van der Waals surface area (Å²) in [5.41, 5.74) is -0.126. The van der Waals surface area contributed by atoms with Crippen LogP contribution in [0.4, 0.5) is 11.4 Å². The van der Waals surface area contributed by atoms with Crippen molar-refractivity contribution in [3.05, 3.63) is 69.8 Å². The molecule has 0 saturated heterocycles. The zero-order valence-corrected chi connectivity index (χ0v) is 14.8. The summed E-state index contributed by atoms with van der Waals surface area (Å²) >= 11 is 0. The number of hydrogen-bond acceptors (Lipinski definition) is 5. The average molecular weight is 367 g/mol. The second-order valence-electron chi connectivity index (χ2n) is 6.35. The summed E-state index contributed by atoms with van der Waals surface area (Å²) in [5.74, 6) is -1.98. The highest BCUT2D eigenvalue weighted by molar-refractivity contribution is 6.24. The predicted molar refractivity (Wildman–Crippen MR) is 97.5 cm³/mol. The maximum atomic E-state index is 12.8. The van der Waals surface area contributed by atoms with E-state index in [4.69, 9.17) is 0 Å². The quantitative estimate of drug-likeness (QED) is 0.459. The van der Waals surface area contributed by atoms with E-state index >= 15 is 0 Å². The van der Waals surface area contributed by atoms with Crippen LogP contribution in [0.15, 0.2) is 48.5 Å². The minimum absolute atomic E-state index is 0.0576. The Balaban J connectivity index is 1.91. The number of fused-ring (bicyclic) bond motifs is 1. The summed E-state index contributed by atoms with van der Waals surface area (Å²) in [6.45, 7) is 3.15. The SMILES string of the molecule is CC(C)N(C(=O)CN1C(=O)c2cccc([N+](=O)[O-])c2C1=O)c1ccccc1. The fourth-order valence-electron chi connectivity index (χ4n) is 3.14. The van der Waals surface area contributed by atoms with Gasteiger partial charge in [0.25, 0.3) is 17.5 Å². The van der Waals surface area contributed by atoms with Crippen molar-refractivity contribution in [1.29, 1.82) is 0 Å². The molecular weight excluding hydrogens is 350 g/mol. The maximum Gasteiger partial charge on any atom is 0.282 e. The molecule has 27 heavy (non-hydrogen) atoms. The van der Waals surface area contributed by atoms with Crippen LogP contribution >= 0.6 is 0 Å². The lowest BCUT2D eigenvalue weighted by molar-refractivity contribution is -0.385. The second kappa shape index (κ2) is 6.99. The Morgan fingerprint density at radius 3 is 2.33 bits per heavy atom. The molecule has 8 heteroatoms. The number of rotatable bonds is 5. The van der Waals surface area contributed by atoms with Crippen molar-refractivity contribution in [1.82, 2.24) is 4.90 Å². The highest BCUT2D eigenvalue weighted by Gasteiger charge is 2.42. The fraction of sp³-hybridized carbons (Fsp3) is 0.211. The molecular formula is C19H17N3O5. The van der Waals surface area contributed by atoms with Crippen molar-refractivity contribution in [3.8, 4) is 0 Å². The molecule has 138 valence electrons. The lowest BCUT2D eigenvalue weighted by Crippen LogP contribution is -2.45. The molecule has 0 fully saturated rings. The van der Waals surface area contributed by atoms with Gasteiger partial charge in [-0.05, 0) is 32.0 Å². The molecule has 0 atom stereocenters. The zero-order valence-electron chi connectivity index (χ0n) is 14.8. The van der Waals surface area contributed by atoms with Crippen LogP contribution in [-0.2, 0) is 4.79 Å². The molecule has 0 N–H and O–H groups in total. The number of carbonyl (C=O) groups is 3. The van der Waals surface area contributed by atoms with Crippen LogP contribution in [0, 0.1) is 10.1 Å². The lowest BCUT2D eigenvalue weighted by Gasteiger charge is -2.28. The van der Waals surface area contributed by atoms with Crippen LogP contribution < -0.4 is 4.90 Å². The van der Waals surface area contributed by atoms with E-state index in [-0.39, 0.29) is 17.2 Å². The largest absolute Gasteiger partial charge is 0.308 e. The van der Waals surface area contributed by atoms with Gasteiger partial charge in [0.15, 0.2) is 0 Å². The van der Waals surface area contributed by atoms with Gasteiger partial charge in [0, 0.05) is 17.8 Å². The highest BCUT2D eigenvalue weighted by Crippen LogP contribution is 2.31. The first-order chi connectivity index (χ1) is 12.8. The topological polar surface area (TPSA) is 101 Å². The predicted octanol–water partition coefficient (Wildman–Crippen LogP) is 2.63. The number of benzene rings is 2. The molecule has 1 aliphatic heterocycles. The Morgan fingerprint density at radius 1 is 1.07 bits per heavy atom. The van der Waals surface area contributed by atoms with E-state index in [1.54, 1.807) is 24.3 Å². The third-order valence-corrected chi connectivity index (χ3v) is 4.29. The van der Waals surface area contributed by atoms with Crippen molar-refractivity contribution in [2.24, 2.45) is 0 Å². The number of nitrogens with zero attached hydrogens (tertiary/aromatic N) is 3. The smallest absolute Gasteiger partial charge is 0.282 e. The maximum absolute atomic E-state index is 12.8. The van der Waals surface area contributed by atoms with E-state index in [0.717, 1.165) is 4.90 Å². The van der Waals surface area contributed by atoms with E-state index in [0.29, 0.717) is 5.69 Å². The van der Waals surface area contributed by atoms with E-state index < -0.39 is 34.9 Å². The molecule has 0 unspecified atom stereocenters. The molecule has 0 aromatic heterocycles. The number of carbonyl (C=O) groups excluding carboxylic acids is 3. The van der Waals surface area contributed by atoms with Gasteiger partial charge in [-0.3, -0.25) is 29.4 Å². The molecule has 0 bridgehead atoms. The Kier molecular flexibility index (Phi) is 4.72. The Labute approximate surface area is 155 Å². The van der Waals surface area contributed by atoms with Gasteiger partial charge in [-0.25, -0.2) is 0 Å². The van der Waals surface area contributed by atoms with E-state index in [1.165, 1.54) is 23.1 Å². The van der Waals surface area contributed by atoms with Gasteiger partial charge in [0.05, 0.1) is 10.5 Å². The summed E-state index contributed by atoms with van der Waals surface area (Å²) in [7, 11) is 0. The number of hydrogen-bond donors (Lipinski definition) is 0. The summed E-state index contributed by atoms with van der Waals surface area (Å²) in [6, 6.07) is 12.5. The van der Waals surface area contributed by atoms with Crippen LogP contribution in [0.25, 0.3) is 0 Å². The van der Waals surface area contributed by atoms with Gasteiger partial charge in [0.2, 0.25) is 5.91 Å². The summed E-state index contributed by atoms with van der Waals surface area (Å²) in [4.78, 5) is 50.7. The van der Waals surface area contributed by atoms with E-state index in [9.17, 15) is 24.5 Å². The zero-order chi connectivity index (χ0) is 19.7. The Hall–Kier alpha value is -3.55. The van der Waals surface area contributed by atoms with Crippen LogP contribution in [0.1, 0.15) is 34.6 Å². The van der Waals surface area contributed by atoms with Crippen LogP contribution in [-0.4, -0.2) is 40.1 Å². The monoisotopic (exact) mass is 367 g/mol. The van der Waals surface area contributed by atoms with Crippen molar-refractivity contribution in [2.45, 2.75) is 19.9 Å². The lowest BCUT2D eigenvalue weighted by atomic mass is 10.1. The molecule has 8 nitrogen and oxygen atoms in total. The van der Waals surface area contributed by atoms with Gasteiger partial charge < -0.3 is 4.90 Å². The fourth-order valence-corrected chi connectivity index (χ4v) is 3.14. The molecule has 2 aromatic carbocycles. The molecule has 3 rings (SSSR count). The summed E-state index contributed by atoms with van der Waals surface area (Å²) < 4.78 is 0. The Bertz CT molecular complexity index is 940. The molecule has 0 saturated carbocycles. The van der Waals surface area contributed by atoms with Crippen molar-refractivity contribution < 1.29 is 19.3 Å². The first kappa shape index (κ1) is 18.2. The van der Waals surface area contributed by atoms with Gasteiger partial charge in [0.1, 0.15) is 12.1 Å². The molecule has 2 aromatic rings. The summed E-state index contributed by atoms with van der Waals surface area (Å²) in [5, 5.41) is 11.2. The molecule has 0 spiro atoms. The van der Waals surface area contributed by atoms with Crippen LogP contribution in [0.3, 0.4) is 0 Å². The molecule has 0 aliphatic carbocycles. The highest BCUT2D eigenvalue weighted by atomic mass is 16.6. The van der Waals surface area contributed by atoms with Crippen molar-refractivity contribution in [2.75, 3.05) is 11.4 Å². The number of nitro groups is 1. The van der Waals surface area contributed by atoms with Gasteiger partial charge >= 0.3 is 0 Å². The minimum atomic E-state index is -0.826.